The summed E-state index contributed by atoms with van der Waals surface area (Å²) in [6.07, 6.45) is 4.65. The molecule has 0 radical (unpaired) electrons. The summed E-state index contributed by atoms with van der Waals surface area (Å²) < 4.78 is 0. The molecule has 7 nitrogen and oxygen atoms in total. The van der Waals surface area contributed by atoms with Crippen LogP contribution < -0.4 is 5.32 Å². The van der Waals surface area contributed by atoms with E-state index in [1.54, 1.807) is 12.5 Å². The van der Waals surface area contributed by atoms with Gasteiger partial charge in [-0.15, -0.1) is 0 Å². The fraction of sp³-hybridized carbons (Fsp3) is 0.583. The maximum atomic E-state index is 12.0. The lowest BCUT2D eigenvalue weighted by atomic mass is 10.0. The first-order valence-electron chi connectivity index (χ1n) is 6.34. The summed E-state index contributed by atoms with van der Waals surface area (Å²) in [6, 6.07) is -1.02. The third-order valence-corrected chi connectivity index (χ3v) is 3.44. The maximum Gasteiger partial charge on any atom is 0.326 e. The Morgan fingerprint density at radius 3 is 3.05 bits per heavy atom. The van der Waals surface area contributed by atoms with Crippen molar-refractivity contribution in [3.8, 4) is 0 Å². The Kier molecular flexibility index (Phi) is 4.03. The van der Waals surface area contributed by atoms with Crippen LogP contribution in [0.5, 0.6) is 0 Å². The molecule has 7 heteroatoms. The van der Waals surface area contributed by atoms with E-state index in [9.17, 15) is 9.59 Å². The van der Waals surface area contributed by atoms with Crippen molar-refractivity contribution in [1.29, 1.82) is 0 Å². The first-order valence-corrected chi connectivity index (χ1v) is 6.34. The fourth-order valence-corrected chi connectivity index (χ4v) is 2.38. The normalized spacial score (nSPS) is 22.5. The van der Waals surface area contributed by atoms with Crippen LogP contribution >= 0.6 is 0 Å². The number of carbonyl (C=O) groups excluding carboxylic acids is 1. The van der Waals surface area contributed by atoms with Gasteiger partial charge in [0.1, 0.15) is 6.04 Å². The lowest BCUT2D eigenvalue weighted by Crippen LogP contribution is -2.47. The number of hydrogen-bond acceptors (Lipinski definition) is 3. The molecular formula is C12H18N4O3. The SMILES string of the molecule is CC1CCN(C(=O)NCCc2cnc[nH]2)C1C(=O)O. The van der Waals surface area contributed by atoms with E-state index < -0.39 is 12.0 Å². The number of likely N-dealkylation sites (tertiary alicyclic amines) is 1. The van der Waals surface area contributed by atoms with Crippen molar-refractivity contribution in [3.63, 3.8) is 0 Å². The van der Waals surface area contributed by atoms with E-state index in [-0.39, 0.29) is 11.9 Å². The largest absolute Gasteiger partial charge is 0.480 e. The average Bonchev–Trinajstić information content (AvgIpc) is 2.97. The van der Waals surface area contributed by atoms with Gasteiger partial charge in [-0.3, -0.25) is 0 Å². The highest BCUT2D eigenvalue weighted by atomic mass is 16.4. The summed E-state index contributed by atoms with van der Waals surface area (Å²) in [6.45, 7) is 2.81. The number of imidazole rings is 1. The van der Waals surface area contributed by atoms with Gasteiger partial charge in [0.25, 0.3) is 0 Å². The molecule has 19 heavy (non-hydrogen) atoms. The highest BCUT2D eigenvalue weighted by molar-refractivity contribution is 5.83. The zero-order valence-electron chi connectivity index (χ0n) is 10.8. The van der Waals surface area contributed by atoms with Crippen molar-refractivity contribution < 1.29 is 14.7 Å². The van der Waals surface area contributed by atoms with Gasteiger partial charge in [0, 0.05) is 31.4 Å². The predicted octanol–water partition coefficient (Wildman–Crippen LogP) is 0.457. The van der Waals surface area contributed by atoms with Gasteiger partial charge in [-0.1, -0.05) is 6.92 Å². The third-order valence-electron chi connectivity index (χ3n) is 3.44. The number of nitrogens with zero attached hydrogens (tertiary/aromatic N) is 2. The highest BCUT2D eigenvalue weighted by Gasteiger charge is 2.39. The maximum absolute atomic E-state index is 12.0. The molecule has 2 amide bonds. The number of H-pyrrole nitrogens is 1. The molecule has 1 aliphatic heterocycles. The van der Waals surface area contributed by atoms with Crippen molar-refractivity contribution >= 4 is 12.0 Å². The standard InChI is InChI=1S/C12H18N4O3/c1-8-3-5-16(10(8)11(17)18)12(19)14-4-2-9-6-13-7-15-9/h6-8,10H,2-5H2,1H3,(H,13,15)(H,14,19)(H,17,18). The molecule has 2 rings (SSSR count). The molecule has 1 aromatic rings. The van der Waals surface area contributed by atoms with Crippen LogP contribution in [-0.2, 0) is 11.2 Å². The van der Waals surface area contributed by atoms with Crippen LogP contribution in [0.15, 0.2) is 12.5 Å². The van der Waals surface area contributed by atoms with Crippen LogP contribution in [0.1, 0.15) is 19.0 Å². The van der Waals surface area contributed by atoms with Gasteiger partial charge in [0.05, 0.1) is 6.33 Å². The average molecular weight is 266 g/mol. The second kappa shape index (κ2) is 5.73. The molecule has 2 heterocycles. The number of aromatic nitrogens is 2. The summed E-state index contributed by atoms with van der Waals surface area (Å²) >= 11 is 0. The lowest BCUT2D eigenvalue weighted by Gasteiger charge is -2.23. The second-order valence-corrected chi connectivity index (χ2v) is 4.80. The number of carbonyl (C=O) groups is 2. The number of rotatable bonds is 4. The summed E-state index contributed by atoms with van der Waals surface area (Å²) in [5.41, 5.74) is 0.935. The first kappa shape index (κ1) is 13.4. The monoisotopic (exact) mass is 266 g/mol. The zero-order chi connectivity index (χ0) is 13.8. The first-order chi connectivity index (χ1) is 9.09. The Morgan fingerprint density at radius 1 is 1.63 bits per heavy atom. The van der Waals surface area contributed by atoms with Crippen molar-refractivity contribution in [2.75, 3.05) is 13.1 Å². The quantitative estimate of drug-likeness (QED) is 0.737. The summed E-state index contributed by atoms with van der Waals surface area (Å²) in [4.78, 5) is 31.3. The van der Waals surface area contributed by atoms with E-state index in [0.29, 0.717) is 19.5 Å². The summed E-state index contributed by atoms with van der Waals surface area (Å²) in [5, 5.41) is 11.9. The van der Waals surface area contributed by atoms with Crippen LogP contribution in [0.4, 0.5) is 4.79 Å². The molecule has 0 aliphatic carbocycles. The minimum Gasteiger partial charge on any atom is -0.480 e. The lowest BCUT2D eigenvalue weighted by molar-refractivity contribution is -0.142. The van der Waals surface area contributed by atoms with Gasteiger partial charge < -0.3 is 20.3 Å². The van der Waals surface area contributed by atoms with Gasteiger partial charge in [-0.25, -0.2) is 14.6 Å². The molecule has 3 N–H and O–H groups in total. The minimum absolute atomic E-state index is 0.00384. The number of carboxylic acids is 1. The molecule has 2 atom stereocenters. The van der Waals surface area contributed by atoms with Crippen LogP contribution in [0, 0.1) is 5.92 Å². The van der Waals surface area contributed by atoms with E-state index >= 15 is 0 Å². The summed E-state index contributed by atoms with van der Waals surface area (Å²) in [5.74, 6) is -0.940. The van der Waals surface area contributed by atoms with Crippen molar-refractivity contribution in [2.24, 2.45) is 5.92 Å². The number of amides is 2. The second-order valence-electron chi connectivity index (χ2n) is 4.80. The van der Waals surface area contributed by atoms with E-state index in [2.05, 4.69) is 15.3 Å². The molecule has 1 fully saturated rings. The zero-order valence-corrected chi connectivity index (χ0v) is 10.8. The van der Waals surface area contributed by atoms with Crippen LogP contribution in [0.2, 0.25) is 0 Å². The molecule has 0 bridgehead atoms. The highest BCUT2D eigenvalue weighted by Crippen LogP contribution is 2.23. The van der Waals surface area contributed by atoms with Crippen molar-refractivity contribution in [1.82, 2.24) is 20.2 Å². The number of nitrogens with one attached hydrogen (secondary N) is 2. The Labute approximate surface area is 111 Å². The number of carboxylic acid groups (broad SMARTS) is 1. The fourth-order valence-electron chi connectivity index (χ4n) is 2.38. The molecule has 0 saturated carbocycles. The van der Waals surface area contributed by atoms with Crippen molar-refractivity contribution in [2.45, 2.75) is 25.8 Å². The molecule has 1 aliphatic rings. The minimum atomic E-state index is -0.936. The molecule has 1 aromatic heterocycles. The van der Waals surface area contributed by atoms with Crippen LogP contribution in [0.25, 0.3) is 0 Å². The van der Waals surface area contributed by atoms with Gasteiger partial charge in [-0.05, 0) is 12.3 Å². The van der Waals surface area contributed by atoms with Gasteiger partial charge in [0.2, 0.25) is 0 Å². The topological polar surface area (TPSA) is 98.3 Å². The van der Waals surface area contributed by atoms with E-state index in [0.717, 1.165) is 12.1 Å². The van der Waals surface area contributed by atoms with Gasteiger partial charge in [-0.2, -0.15) is 0 Å². The third kappa shape index (κ3) is 3.04. The molecule has 1 saturated heterocycles. The predicted molar refractivity (Wildman–Crippen MR) is 67.6 cm³/mol. The number of aromatic amines is 1. The van der Waals surface area contributed by atoms with E-state index in [1.807, 2.05) is 6.92 Å². The Hall–Kier alpha value is -2.05. The molecule has 0 aromatic carbocycles. The molecule has 0 spiro atoms. The van der Waals surface area contributed by atoms with E-state index in [1.165, 1.54) is 4.90 Å². The van der Waals surface area contributed by atoms with Crippen LogP contribution in [-0.4, -0.2) is 51.1 Å². The smallest absolute Gasteiger partial charge is 0.326 e. The number of aliphatic carboxylic acids is 1. The number of hydrogen-bond donors (Lipinski definition) is 3. The van der Waals surface area contributed by atoms with Crippen molar-refractivity contribution in [3.05, 3.63) is 18.2 Å². The molecule has 2 unspecified atom stereocenters. The van der Waals surface area contributed by atoms with E-state index in [4.69, 9.17) is 5.11 Å². The number of urea groups is 1. The van der Waals surface area contributed by atoms with Gasteiger partial charge >= 0.3 is 12.0 Å². The Balaban J connectivity index is 1.84. The molecular weight excluding hydrogens is 248 g/mol. The Morgan fingerprint density at radius 2 is 2.42 bits per heavy atom. The Bertz CT molecular complexity index is 446. The summed E-state index contributed by atoms with van der Waals surface area (Å²) in [7, 11) is 0. The molecule has 104 valence electrons. The van der Waals surface area contributed by atoms with Gasteiger partial charge in [0.15, 0.2) is 0 Å². The van der Waals surface area contributed by atoms with Crippen LogP contribution in [0.3, 0.4) is 0 Å².